The highest BCUT2D eigenvalue weighted by atomic mass is 16.5. The summed E-state index contributed by atoms with van der Waals surface area (Å²) in [7, 11) is 2.56. The molecule has 2 N–H and O–H groups in total. The first kappa shape index (κ1) is 54.7. The van der Waals surface area contributed by atoms with Gasteiger partial charge in [0, 0.05) is 56.4 Å². The lowest BCUT2D eigenvalue weighted by Gasteiger charge is -2.52. The van der Waals surface area contributed by atoms with E-state index in [1.165, 1.54) is 5.56 Å². The number of benzene rings is 23. The van der Waals surface area contributed by atoms with E-state index in [-0.39, 0.29) is 6.04 Å². The molecule has 0 saturated carbocycles. The first-order chi connectivity index (χ1) is 60.6. The second-order valence-corrected chi connectivity index (χ2v) is 39.1. The van der Waals surface area contributed by atoms with Gasteiger partial charge in [-0.15, -0.1) is 0 Å². The lowest BCUT2D eigenvalue weighted by molar-refractivity contribution is 0.207. The average molecular weight is 1530 g/mol. The number of para-hydroxylation sites is 1. The molecule has 33 aromatic carbocycles. The van der Waals surface area contributed by atoms with E-state index in [0.29, 0.717) is 13.2 Å². The van der Waals surface area contributed by atoms with Gasteiger partial charge >= 0.3 is 0 Å². The minimum atomic E-state index is -0.525. The van der Waals surface area contributed by atoms with E-state index in [1.54, 1.807) is 313 Å². The first-order valence-electron chi connectivity index (χ1n) is 43.9. The van der Waals surface area contributed by atoms with Crippen LogP contribution in [0.1, 0.15) is 56.6 Å². The van der Waals surface area contributed by atoms with Crippen molar-refractivity contribution in [3.05, 3.63) is 214 Å². The number of likely N-dealkylation sites (N-methyl/N-ethyl adjacent to an activating group) is 1. The largest absolute Gasteiger partial charge is 0.490 e. The minimum absolute atomic E-state index is 0.0821. The standard InChI is InChI=1S/C115H43N5O2/c1-120-35-114-109-101-93-83-73-65-57-55-56-59-63-61(57)69-77-71(63)81-75-67(59)68-60(56)64-62-58(55)66(65)74-80-70(62)78-72(64)82-76(68)86-85(75)97-91(81)99-89(77)95(87(93)79(69)73)103(109)105(99)111-107(97)108-98(86)92(82)100-90(78)96-88(80)94(84(74)83)102(101)110(114)104(96)106(100)112(108)115(111,114)113(120)41-19-11-12-20-50(41)122-34-33-121-40-23-21-39(22-24-40)54-48-31-29-46(118-48)52(37-15-7-3-8-16-37)44-27-25-42(116-44)51(36-13-5-2-6-14-36)43-26-28-45(117-43)53(38-17-9-4-10-18-38)47-30-32-49(54)119-47/h2-32,113,116,119H,33-35H2,1H3. The van der Waals surface area contributed by atoms with E-state index >= 15 is 0 Å². The van der Waals surface area contributed by atoms with Gasteiger partial charge in [0.1, 0.15) is 24.7 Å². The molecule has 1 fully saturated rings. The third kappa shape index (κ3) is 4.29. The van der Waals surface area contributed by atoms with Crippen molar-refractivity contribution in [1.29, 1.82) is 0 Å². The van der Waals surface area contributed by atoms with Gasteiger partial charge in [0.05, 0.1) is 39.6 Å². The number of rotatable bonds is 10. The molecule has 7 nitrogen and oxygen atoms in total. The van der Waals surface area contributed by atoms with Crippen molar-refractivity contribution >= 4 is 337 Å². The van der Waals surface area contributed by atoms with Gasteiger partial charge in [0.2, 0.25) is 0 Å². The van der Waals surface area contributed by atoms with Crippen LogP contribution < -0.4 is 9.47 Å². The molecule has 7 heteroatoms. The Labute approximate surface area is 680 Å². The summed E-state index contributed by atoms with van der Waals surface area (Å²) in [6.07, 6.45) is 8.71. The third-order valence-corrected chi connectivity index (χ3v) is 35.8. The maximum Gasteiger partial charge on any atom is 0.124 e. The zero-order valence-electron chi connectivity index (χ0n) is 64.3. The van der Waals surface area contributed by atoms with Crippen LogP contribution in [0.5, 0.6) is 11.5 Å². The van der Waals surface area contributed by atoms with E-state index in [4.69, 9.17) is 19.4 Å². The predicted molar refractivity (Wildman–Crippen MR) is 507 cm³/mol. The van der Waals surface area contributed by atoms with E-state index < -0.39 is 10.8 Å². The molecular weight excluding hydrogens is 1480 g/mol. The molecule has 6 heterocycles. The van der Waals surface area contributed by atoms with Crippen molar-refractivity contribution in [2.24, 2.45) is 0 Å². The number of aromatic amines is 2. The van der Waals surface area contributed by atoms with Gasteiger partial charge in [-0.2, -0.15) is 0 Å². The van der Waals surface area contributed by atoms with Gasteiger partial charge in [-0.3, -0.25) is 4.90 Å². The average Bonchev–Trinajstić information content (AvgIpc) is 1.38. The van der Waals surface area contributed by atoms with Crippen LogP contribution in [0.2, 0.25) is 0 Å². The number of nitrogens with zero attached hydrogens (tertiary/aromatic N) is 3. The Bertz CT molecular complexity index is 11000. The molecule has 4 aliphatic carbocycles. The van der Waals surface area contributed by atoms with Crippen LogP contribution in [-0.4, -0.2) is 51.6 Å². The molecule has 1 unspecified atom stereocenters. The molecular formula is C115H43N5O2. The molecule has 0 amide bonds. The topological polar surface area (TPSA) is 79.1 Å². The maximum absolute atomic E-state index is 7.59. The monoisotopic (exact) mass is 1530 g/mol. The van der Waals surface area contributed by atoms with Crippen molar-refractivity contribution in [3.63, 3.8) is 0 Å². The summed E-state index contributed by atoms with van der Waals surface area (Å²) in [6.45, 7) is 1.65. The van der Waals surface area contributed by atoms with Crippen molar-refractivity contribution in [1.82, 2.24) is 24.8 Å². The van der Waals surface area contributed by atoms with Gasteiger partial charge in [0.25, 0.3) is 0 Å². The van der Waals surface area contributed by atoms with Crippen LogP contribution in [0.4, 0.5) is 0 Å². The zero-order valence-corrected chi connectivity index (χ0v) is 64.3. The quantitative estimate of drug-likeness (QED) is 0.105. The van der Waals surface area contributed by atoms with Crippen molar-refractivity contribution in [2.45, 2.75) is 16.9 Å². The Hall–Kier alpha value is -15.3. The van der Waals surface area contributed by atoms with Crippen LogP contribution in [-0.2, 0) is 10.8 Å². The predicted octanol–water partition coefficient (Wildman–Crippen LogP) is 29.1. The van der Waals surface area contributed by atoms with E-state index in [2.05, 4.69) is 210 Å². The van der Waals surface area contributed by atoms with Crippen LogP contribution in [0, 0.1) is 0 Å². The Morgan fingerprint density at radius 3 is 0.811 bits per heavy atom. The highest BCUT2D eigenvalue weighted by Gasteiger charge is 2.76. The molecule has 43 rings (SSSR count). The Morgan fingerprint density at radius 1 is 0.270 bits per heavy atom. The Kier molecular flexibility index (Phi) is 6.93. The van der Waals surface area contributed by atoms with Crippen LogP contribution in [0.25, 0.3) is 382 Å². The molecule has 0 radical (unpaired) electrons. The Balaban J connectivity index is 0.524. The highest BCUT2D eigenvalue weighted by Crippen LogP contribution is 2.87. The number of likely N-dealkylation sites (tertiary alicyclic amines) is 1. The molecule has 36 aromatic rings. The summed E-state index contributed by atoms with van der Waals surface area (Å²) >= 11 is 0. The number of H-pyrrole nitrogens is 2. The van der Waals surface area contributed by atoms with Crippen LogP contribution in [0.15, 0.2) is 164 Å². The molecule has 3 aromatic heterocycles. The maximum atomic E-state index is 7.59. The molecule has 2 spiro atoms. The van der Waals surface area contributed by atoms with E-state index in [9.17, 15) is 0 Å². The Morgan fingerprint density at radius 2 is 0.516 bits per heavy atom. The highest BCUT2D eigenvalue weighted by molar-refractivity contribution is 6.82. The summed E-state index contributed by atoms with van der Waals surface area (Å²) in [5, 5.41) is 87.8. The fourth-order valence-corrected chi connectivity index (χ4v) is 33.6. The van der Waals surface area contributed by atoms with E-state index in [1.807, 2.05) is 0 Å². The summed E-state index contributed by atoms with van der Waals surface area (Å²) in [6, 6.07) is 58.8. The lowest BCUT2D eigenvalue weighted by Crippen LogP contribution is -2.52. The molecule has 3 aliphatic heterocycles. The second-order valence-electron chi connectivity index (χ2n) is 39.1. The molecule has 1 saturated heterocycles. The molecule has 540 valence electrons. The van der Waals surface area contributed by atoms with Gasteiger partial charge in [-0.1, -0.05) is 121 Å². The SMILES string of the molecule is CN1CC23c4c5c6c7c8c9c(c%10c%11c2c2c4c4c%12c5c5c6c6c8c8c%13c9c9c%10c%10c%11c%11c2c2c4c4c%12c%12c5c5c6c8c6c8c%13c9c9c%10c%10c%11c2c2c4c4c%12c5c6c5c8c9c%10c2c45)C73C1c1ccccc1OCCOc1ccc(-c2c3nc(c(-c4ccccc4)c4ccc([nH]4)c(-c4ccccc4)c4nc(c(-c5ccccc5)c5ccc2[nH]5)C=C4)C=C3)cc1. The number of hydrogen-bond acceptors (Lipinski definition) is 5. The summed E-state index contributed by atoms with van der Waals surface area (Å²) in [4.78, 5) is 22.0. The number of fused-ring (bicyclic) bond motifs is 8. The van der Waals surface area contributed by atoms with E-state index in [0.717, 1.165) is 107 Å². The fourth-order valence-electron chi connectivity index (χ4n) is 33.6. The summed E-state index contributed by atoms with van der Waals surface area (Å²) in [5.41, 5.74) is 22.8. The second kappa shape index (κ2) is 15.5. The third-order valence-electron chi connectivity index (χ3n) is 35.8. The first-order valence-corrected chi connectivity index (χ1v) is 43.9. The smallest absolute Gasteiger partial charge is 0.124 e. The molecule has 7 aliphatic rings. The van der Waals surface area contributed by atoms with Crippen LogP contribution in [0.3, 0.4) is 0 Å². The molecule has 1 atom stereocenters. The molecule has 122 heavy (non-hydrogen) atoms. The number of nitrogens with one attached hydrogen (secondary N) is 2. The van der Waals surface area contributed by atoms with Gasteiger partial charge in [-0.05, 0) is 409 Å². The fraction of sp³-hybridized carbons (Fsp3) is 0.0609. The number of hydrogen-bond donors (Lipinski definition) is 2. The minimum Gasteiger partial charge on any atom is -0.490 e. The summed E-state index contributed by atoms with van der Waals surface area (Å²) < 4.78 is 14.6. The van der Waals surface area contributed by atoms with Gasteiger partial charge < -0.3 is 19.4 Å². The summed E-state index contributed by atoms with van der Waals surface area (Å²) in [5.74, 6) is 1.74. The molecule has 8 bridgehead atoms. The normalized spacial score (nSPS) is 18.9. The zero-order chi connectivity index (χ0) is 75.9. The number of aromatic nitrogens is 4. The van der Waals surface area contributed by atoms with Crippen molar-refractivity contribution in [3.8, 4) is 56.0 Å². The van der Waals surface area contributed by atoms with Gasteiger partial charge in [-0.25, -0.2) is 9.97 Å². The number of ether oxygens (including phenoxy) is 2. The van der Waals surface area contributed by atoms with Gasteiger partial charge in [0.15, 0.2) is 0 Å². The van der Waals surface area contributed by atoms with Crippen molar-refractivity contribution in [2.75, 3.05) is 26.8 Å². The van der Waals surface area contributed by atoms with Crippen LogP contribution >= 0.6 is 0 Å². The van der Waals surface area contributed by atoms with Crippen molar-refractivity contribution < 1.29 is 9.47 Å². The lowest BCUT2D eigenvalue weighted by atomic mass is 9.47.